The molecule has 0 atom stereocenters. The van der Waals surface area contributed by atoms with Gasteiger partial charge >= 0.3 is 0 Å². The zero-order valence-corrected chi connectivity index (χ0v) is 7.26. The van der Waals surface area contributed by atoms with Crippen LogP contribution in [0.1, 0.15) is 19.8 Å². The van der Waals surface area contributed by atoms with Crippen molar-refractivity contribution in [2.24, 2.45) is 5.92 Å². The molecule has 1 aliphatic rings. The number of nitrogens with one attached hydrogen (secondary N) is 1. The van der Waals surface area contributed by atoms with Crippen LogP contribution in [0.3, 0.4) is 0 Å². The molecule has 0 amide bonds. The van der Waals surface area contributed by atoms with E-state index in [4.69, 9.17) is 9.90 Å². The van der Waals surface area contributed by atoms with E-state index in [2.05, 4.69) is 12.2 Å². The molecule has 0 aromatic heterocycles. The second-order valence-corrected chi connectivity index (χ2v) is 2.95. The first-order valence-electron chi connectivity index (χ1n) is 4.03. The van der Waals surface area contributed by atoms with Gasteiger partial charge < -0.3 is 10.4 Å². The first kappa shape index (κ1) is 10.5. The molecule has 2 N–H and O–H groups in total. The van der Waals surface area contributed by atoms with Crippen LogP contribution in [0.15, 0.2) is 0 Å². The molecule has 1 aliphatic heterocycles. The van der Waals surface area contributed by atoms with Gasteiger partial charge in [0.1, 0.15) is 0 Å². The van der Waals surface area contributed by atoms with E-state index in [9.17, 15) is 0 Å². The van der Waals surface area contributed by atoms with E-state index < -0.39 is 5.87 Å². The summed E-state index contributed by atoms with van der Waals surface area (Å²) in [4.78, 5) is 9.00. The summed E-state index contributed by atoms with van der Waals surface area (Å²) >= 11 is 0. The molecule has 64 valence electrons. The van der Waals surface area contributed by atoms with Gasteiger partial charge in [-0.3, -0.25) is 4.79 Å². The van der Waals surface area contributed by atoms with Crippen molar-refractivity contribution >= 4 is 13.7 Å². The van der Waals surface area contributed by atoms with Crippen molar-refractivity contribution in [3.63, 3.8) is 0 Å². The molecule has 1 saturated heterocycles. The van der Waals surface area contributed by atoms with Crippen LogP contribution >= 0.6 is 0 Å². The number of hydrogen-bond acceptors (Lipinski definition) is 2. The number of carbonyl (C=O) groups is 1. The fourth-order valence-electron chi connectivity index (χ4n) is 0.966. The molecule has 11 heavy (non-hydrogen) atoms. The van der Waals surface area contributed by atoms with Gasteiger partial charge in [-0.05, 0) is 31.8 Å². The topological polar surface area (TPSA) is 49.3 Å². The molecule has 0 aromatic carbocycles. The van der Waals surface area contributed by atoms with Gasteiger partial charge in [-0.2, -0.15) is 0 Å². The first-order chi connectivity index (χ1) is 5.13. The van der Waals surface area contributed by atoms with Gasteiger partial charge in [0.2, 0.25) is 13.7 Å². The van der Waals surface area contributed by atoms with Crippen LogP contribution in [0.5, 0.6) is 0 Å². The summed E-state index contributed by atoms with van der Waals surface area (Å²) in [7, 11) is 1.08. The highest BCUT2D eigenvalue weighted by molar-refractivity contribution is 6.54. The monoisotopic (exact) mass is 157 g/mol. The van der Waals surface area contributed by atoms with E-state index >= 15 is 0 Å². The first-order valence-corrected chi connectivity index (χ1v) is 4.03. The Balaban J connectivity index is 0.000000218. The highest BCUT2D eigenvalue weighted by atomic mass is 16.4. The molecule has 0 unspecified atom stereocenters. The van der Waals surface area contributed by atoms with Crippen LogP contribution in [0.2, 0.25) is 0 Å². The van der Waals surface area contributed by atoms with Gasteiger partial charge in [0, 0.05) is 0 Å². The maximum Gasteiger partial charge on any atom is 0.242 e. The quantitative estimate of drug-likeness (QED) is 0.497. The number of carboxylic acid groups (broad SMARTS) is 1. The summed E-state index contributed by atoms with van der Waals surface area (Å²) in [6.45, 7) is 4.79. The minimum absolute atomic E-state index is 0.833. The number of piperidine rings is 1. The Morgan fingerprint density at radius 3 is 2.09 bits per heavy atom. The van der Waals surface area contributed by atoms with E-state index in [1.165, 1.54) is 25.9 Å². The second-order valence-electron chi connectivity index (χ2n) is 2.95. The van der Waals surface area contributed by atoms with E-state index in [0.29, 0.717) is 0 Å². The lowest BCUT2D eigenvalue weighted by atomic mass is 10.0. The molecular formula is C7H16BNO2. The van der Waals surface area contributed by atoms with Crippen LogP contribution in [0, 0.1) is 5.92 Å². The minimum Gasteiger partial charge on any atom is -0.490 e. The highest BCUT2D eigenvalue weighted by Gasteiger charge is 2.04. The van der Waals surface area contributed by atoms with Crippen LogP contribution in [0.4, 0.5) is 4.79 Å². The van der Waals surface area contributed by atoms with Gasteiger partial charge in [0.05, 0.1) is 0 Å². The smallest absolute Gasteiger partial charge is 0.242 e. The molecule has 4 heteroatoms. The minimum atomic E-state index is -0.833. The van der Waals surface area contributed by atoms with Crippen molar-refractivity contribution in [3.8, 4) is 0 Å². The molecule has 0 spiro atoms. The molecule has 0 aliphatic carbocycles. The highest BCUT2D eigenvalue weighted by Crippen LogP contribution is 2.08. The average Bonchev–Trinajstić information content (AvgIpc) is 1.87. The third-order valence-corrected chi connectivity index (χ3v) is 1.63. The second kappa shape index (κ2) is 6.22. The van der Waals surface area contributed by atoms with Gasteiger partial charge in [0.25, 0.3) is 0 Å². The maximum atomic E-state index is 9.00. The SMILES string of the molecule is BC(=O)O.CC1CCNCC1. The van der Waals surface area contributed by atoms with E-state index in [1.54, 1.807) is 0 Å². The number of rotatable bonds is 0. The number of hydrogen-bond donors (Lipinski definition) is 2. The van der Waals surface area contributed by atoms with Crippen molar-refractivity contribution in [1.29, 1.82) is 0 Å². The lowest BCUT2D eigenvalue weighted by Gasteiger charge is -2.17. The molecule has 0 bridgehead atoms. The predicted molar refractivity (Wildman–Crippen MR) is 47.8 cm³/mol. The van der Waals surface area contributed by atoms with Crippen molar-refractivity contribution in [2.75, 3.05) is 13.1 Å². The van der Waals surface area contributed by atoms with Crippen molar-refractivity contribution in [1.82, 2.24) is 5.32 Å². The zero-order valence-electron chi connectivity index (χ0n) is 7.26. The largest absolute Gasteiger partial charge is 0.490 e. The summed E-state index contributed by atoms with van der Waals surface area (Å²) in [5.41, 5.74) is 0. The lowest BCUT2D eigenvalue weighted by Crippen LogP contribution is -2.26. The Morgan fingerprint density at radius 1 is 1.55 bits per heavy atom. The Morgan fingerprint density at radius 2 is 1.91 bits per heavy atom. The summed E-state index contributed by atoms with van der Waals surface area (Å²) in [5, 5.41) is 10.7. The molecule has 0 saturated carbocycles. The normalized spacial score (nSPS) is 18.3. The van der Waals surface area contributed by atoms with E-state index in [0.717, 1.165) is 13.8 Å². The summed E-state index contributed by atoms with van der Waals surface area (Å²) in [6.07, 6.45) is 2.75. The summed E-state index contributed by atoms with van der Waals surface area (Å²) in [6, 6.07) is 0. The Hall–Kier alpha value is -0.505. The zero-order chi connectivity index (χ0) is 8.69. The van der Waals surface area contributed by atoms with E-state index in [-0.39, 0.29) is 0 Å². The Bertz CT molecular complexity index is 109. The van der Waals surface area contributed by atoms with Crippen LogP contribution < -0.4 is 5.32 Å². The van der Waals surface area contributed by atoms with Crippen LogP contribution in [-0.2, 0) is 0 Å². The fraction of sp³-hybridized carbons (Fsp3) is 0.857. The average molecular weight is 157 g/mol. The third-order valence-electron chi connectivity index (χ3n) is 1.63. The fourth-order valence-corrected chi connectivity index (χ4v) is 0.966. The van der Waals surface area contributed by atoms with Crippen molar-refractivity contribution in [3.05, 3.63) is 0 Å². The van der Waals surface area contributed by atoms with Gasteiger partial charge in [0.15, 0.2) is 0 Å². The molecule has 0 aromatic rings. The third kappa shape index (κ3) is 9.49. The summed E-state index contributed by atoms with van der Waals surface area (Å²) in [5.74, 6) is 0.140. The molecule has 3 nitrogen and oxygen atoms in total. The molecule has 0 radical (unpaired) electrons. The molecule has 1 rings (SSSR count). The van der Waals surface area contributed by atoms with Crippen LogP contribution in [-0.4, -0.2) is 31.9 Å². The molecular weight excluding hydrogens is 141 g/mol. The van der Waals surface area contributed by atoms with Gasteiger partial charge in [-0.1, -0.05) is 6.92 Å². The summed E-state index contributed by atoms with van der Waals surface area (Å²) < 4.78 is 0. The van der Waals surface area contributed by atoms with Crippen LogP contribution in [0.25, 0.3) is 0 Å². The Kier molecular flexibility index (Phi) is 5.94. The Labute approximate surface area is 68.6 Å². The van der Waals surface area contributed by atoms with Gasteiger partial charge in [-0.25, -0.2) is 0 Å². The maximum absolute atomic E-state index is 9.00. The van der Waals surface area contributed by atoms with Crippen molar-refractivity contribution in [2.45, 2.75) is 19.8 Å². The molecule has 1 fully saturated rings. The molecule has 1 heterocycles. The standard InChI is InChI=1S/C6H13N.CH3BO2/c1-6-2-4-7-5-3-6;2-1(3)4/h6-7H,2-5H2,1H3;2H2,(H,3,4). The lowest BCUT2D eigenvalue weighted by molar-refractivity contribution is 0.220. The van der Waals surface area contributed by atoms with Gasteiger partial charge in [-0.15, -0.1) is 0 Å². The van der Waals surface area contributed by atoms with E-state index in [1.807, 2.05) is 0 Å². The van der Waals surface area contributed by atoms with Crippen molar-refractivity contribution < 1.29 is 9.90 Å². The predicted octanol–water partition coefficient (Wildman–Crippen LogP) is 0.303.